The molecule has 1 aromatic rings. The Balaban J connectivity index is 2.58. The monoisotopic (exact) mass is 244 g/mol. The molecule has 0 fully saturated rings. The van der Waals surface area contributed by atoms with Crippen LogP contribution in [0.4, 0.5) is 0 Å². The first-order valence-corrected chi connectivity index (χ1v) is 6.79. The Labute approximate surface area is 111 Å². The number of rotatable bonds is 6. The number of hydrogen-bond acceptors (Lipinski definition) is 1. The van der Waals surface area contributed by atoms with Crippen molar-refractivity contribution in [1.82, 2.24) is 0 Å². The minimum atomic E-state index is 0.247. The molecule has 1 aromatic carbocycles. The van der Waals surface area contributed by atoms with Crippen LogP contribution in [0.25, 0.3) is 0 Å². The smallest absolute Gasteiger partial charge is 0.155 e. The average molecular weight is 244 g/mol. The van der Waals surface area contributed by atoms with Crippen LogP contribution in [0.5, 0.6) is 0 Å². The van der Waals surface area contributed by atoms with Gasteiger partial charge in [-0.15, -0.1) is 0 Å². The van der Waals surface area contributed by atoms with E-state index in [1.807, 2.05) is 24.3 Å². The molecular formula is C17H24O. The highest BCUT2D eigenvalue weighted by atomic mass is 16.1. The molecule has 0 amide bonds. The molecule has 1 rings (SSSR count). The van der Waals surface area contributed by atoms with Crippen LogP contribution >= 0.6 is 0 Å². The summed E-state index contributed by atoms with van der Waals surface area (Å²) >= 11 is 0. The molecule has 0 radical (unpaired) electrons. The van der Waals surface area contributed by atoms with Crippen LogP contribution in [0.3, 0.4) is 0 Å². The lowest BCUT2D eigenvalue weighted by atomic mass is 9.91. The molecule has 1 heteroatoms. The number of allylic oxidation sites excluding steroid dienone is 2. The van der Waals surface area contributed by atoms with Gasteiger partial charge in [-0.2, -0.15) is 0 Å². The van der Waals surface area contributed by atoms with Gasteiger partial charge in [0.1, 0.15) is 0 Å². The van der Waals surface area contributed by atoms with Gasteiger partial charge in [0.15, 0.2) is 5.78 Å². The van der Waals surface area contributed by atoms with E-state index in [9.17, 15) is 4.79 Å². The molecule has 18 heavy (non-hydrogen) atoms. The van der Waals surface area contributed by atoms with E-state index in [0.29, 0.717) is 18.3 Å². The van der Waals surface area contributed by atoms with E-state index < -0.39 is 0 Å². The molecule has 0 aromatic heterocycles. The predicted octanol–water partition coefficient (Wildman–Crippen LogP) is 4.43. The zero-order chi connectivity index (χ0) is 13.5. The van der Waals surface area contributed by atoms with Crippen LogP contribution in [0.1, 0.15) is 39.7 Å². The van der Waals surface area contributed by atoms with Crippen LogP contribution in [-0.2, 0) is 11.2 Å². The number of ketones is 1. The normalized spacial score (nSPS) is 10.8. The summed E-state index contributed by atoms with van der Waals surface area (Å²) in [6, 6.07) is 10.2. The van der Waals surface area contributed by atoms with Crippen LogP contribution in [0.2, 0.25) is 0 Å². The summed E-state index contributed by atoms with van der Waals surface area (Å²) in [7, 11) is 0. The van der Waals surface area contributed by atoms with Gasteiger partial charge in [0.05, 0.1) is 0 Å². The quantitative estimate of drug-likeness (QED) is 0.677. The SMILES string of the molecule is CC(C)C(=CC(=O)CCc1ccccc1)C(C)C. The third kappa shape index (κ3) is 4.87. The first-order chi connectivity index (χ1) is 8.50. The summed E-state index contributed by atoms with van der Waals surface area (Å²) < 4.78 is 0. The summed E-state index contributed by atoms with van der Waals surface area (Å²) in [6.07, 6.45) is 3.30. The van der Waals surface area contributed by atoms with Gasteiger partial charge in [-0.05, 0) is 29.9 Å². The molecule has 0 aliphatic rings. The molecule has 98 valence electrons. The zero-order valence-electron chi connectivity index (χ0n) is 11.9. The van der Waals surface area contributed by atoms with E-state index in [0.717, 1.165) is 6.42 Å². The Bertz CT molecular complexity index is 389. The van der Waals surface area contributed by atoms with Crippen molar-refractivity contribution in [2.45, 2.75) is 40.5 Å². The number of aryl methyl sites for hydroxylation is 1. The van der Waals surface area contributed by atoms with E-state index in [1.165, 1.54) is 11.1 Å². The van der Waals surface area contributed by atoms with E-state index in [1.54, 1.807) is 0 Å². The van der Waals surface area contributed by atoms with Gasteiger partial charge in [0.2, 0.25) is 0 Å². The van der Waals surface area contributed by atoms with E-state index in [-0.39, 0.29) is 5.78 Å². The van der Waals surface area contributed by atoms with Crippen molar-refractivity contribution in [3.63, 3.8) is 0 Å². The highest BCUT2D eigenvalue weighted by Crippen LogP contribution is 2.19. The molecule has 0 heterocycles. The second kappa shape index (κ2) is 7.15. The first kappa shape index (κ1) is 14.7. The lowest BCUT2D eigenvalue weighted by Gasteiger charge is -2.14. The Morgan fingerprint density at radius 3 is 2.11 bits per heavy atom. The standard InChI is InChI=1S/C17H24O/c1-13(2)17(14(3)4)12-16(18)11-10-15-8-6-5-7-9-15/h5-9,12-14H,10-11H2,1-4H3. The summed E-state index contributed by atoms with van der Waals surface area (Å²) in [5, 5.41) is 0. The van der Waals surface area contributed by atoms with Crippen LogP contribution in [-0.4, -0.2) is 5.78 Å². The van der Waals surface area contributed by atoms with E-state index in [2.05, 4.69) is 39.8 Å². The average Bonchev–Trinajstić information content (AvgIpc) is 2.34. The highest BCUT2D eigenvalue weighted by molar-refractivity contribution is 5.90. The van der Waals surface area contributed by atoms with Crippen molar-refractivity contribution in [3.05, 3.63) is 47.5 Å². The van der Waals surface area contributed by atoms with Gasteiger partial charge >= 0.3 is 0 Å². The minimum absolute atomic E-state index is 0.247. The maximum atomic E-state index is 12.0. The fourth-order valence-electron chi connectivity index (χ4n) is 2.17. The van der Waals surface area contributed by atoms with Crippen LogP contribution < -0.4 is 0 Å². The summed E-state index contributed by atoms with van der Waals surface area (Å²) in [4.78, 5) is 12.0. The molecule has 0 spiro atoms. The van der Waals surface area contributed by atoms with Crippen molar-refractivity contribution >= 4 is 5.78 Å². The molecule has 0 bridgehead atoms. The maximum Gasteiger partial charge on any atom is 0.155 e. The largest absolute Gasteiger partial charge is 0.295 e. The molecule has 0 saturated carbocycles. The molecule has 0 N–H and O–H groups in total. The van der Waals surface area contributed by atoms with Gasteiger partial charge in [0.25, 0.3) is 0 Å². The zero-order valence-corrected chi connectivity index (χ0v) is 11.9. The highest BCUT2D eigenvalue weighted by Gasteiger charge is 2.10. The van der Waals surface area contributed by atoms with Crippen molar-refractivity contribution in [2.75, 3.05) is 0 Å². The number of benzene rings is 1. The molecule has 0 saturated heterocycles. The summed E-state index contributed by atoms with van der Waals surface area (Å²) in [5.41, 5.74) is 2.49. The van der Waals surface area contributed by atoms with Gasteiger partial charge in [0, 0.05) is 6.42 Å². The topological polar surface area (TPSA) is 17.1 Å². The second-order valence-corrected chi connectivity index (χ2v) is 5.41. The van der Waals surface area contributed by atoms with Gasteiger partial charge in [-0.25, -0.2) is 0 Å². The van der Waals surface area contributed by atoms with Gasteiger partial charge in [-0.1, -0.05) is 63.6 Å². The fourth-order valence-corrected chi connectivity index (χ4v) is 2.17. The molecular weight excluding hydrogens is 220 g/mol. The molecule has 0 atom stereocenters. The van der Waals surface area contributed by atoms with E-state index in [4.69, 9.17) is 0 Å². The van der Waals surface area contributed by atoms with Gasteiger partial charge < -0.3 is 0 Å². The second-order valence-electron chi connectivity index (χ2n) is 5.41. The summed E-state index contributed by atoms with van der Waals surface area (Å²) in [5.74, 6) is 1.15. The molecule has 0 unspecified atom stereocenters. The molecule has 1 nitrogen and oxygen atoms in total. The van der Waals surface area contributed by atoms with Crippen molar-refractivity contribution in [1.29, 1.82) is 0 Å². The first-order valence-electron chi connectivity index (χ1n) is 6.79. The third-order valence-electron chi connectivity index (χ3n) is 3.16. The lowest BCUT2D eigenvalue weighted by molar-refractivity contribution is -0.114. The molecule has 0 aliphatic heterocycles. The number of hydrogen-bond donors (Lipinski definition) is 0. The van der Waals surface area contributed by atoms with Crippen molar-refractivity contribution < 1.29 is 4.79 Å². The number of carbonyl (C=O) groups is 1. The molecule has 0 aliphatic carbocycles. The van der Waals surface area contributed by atoms with Crippen LogP contribution in [0, 0.1) is 11.8 Å². The van der Waals surface area contributed by atoms with Crippen molar-refractivity contribution in [3.8, 4) is 0 Å². The predicted molar refractivity (Wildman–Crippen MR) is 77.5 cm³/mol. The minimum Gasteiger partial charge on any atom is -0.295 e. The summed E-state index contributed by atoms with van der Waals surface area (Å²) in [6.45, 7) is 8.60. The Kier molecular flexibility index (Phi) is 5.84. The Morgan fingerprint density at radius 1 is 1.06 bits per heavy atom. The maximum absolute atomic E-state index is 12.0. The fraction of sp³-hybridized carbons (Fsp3) is 0.471. The number of carbonyl (C=O) groups excluding carboxylic acids is 1. The van der Waals surface area contributed by atoms with E-state index >= 15 is 0 Å². The van der Waals surface area contributed by atoms with Crippen molar-refractivity contribution in [2.24, 2.45) is 11.8 Å². The Morgan fingerprint density at radius 2 is 1.61 bits per heavy atom. The third-order valence-corrected chi connectivity index (χ3v) is 3.16. The van der Waals surface area contributed by atoms with Crippen LogP contribution in [0.15, 0.2) is 42.0 Å². The lowest BCUT2D eigenvalue weighted by Crippen LogP contribution is -2.06. The Hall–Kier alpha value is -1.37. The van der Waals surface area contributed by atoms with Gasteiger partial charge in [-0.3, -0.25) is 4.79 Å².